The van der Waals surface area contributed by atoms with Crippen LogP contribution in [0.1, 0.15) is 63.7 Å². The molecular weight excluding hydrogens is 440 g/mol. The Hall–Kier alpha value is -1.91. The summed E-state index contributed by atoms with van der Waals surface area (Å²) in [5.41, 5.74) is -0.276. The Kier molecular flexibility index (Phi) is 8.72. The molecule has 0 saturated heterocycles. The van der Waals surface area contributed by atoms with Gasteiger partial charge in [-0.05, 0) is 56.9 Å². The van der Waals surface area contributed by atoms with Gasteiger partial charge in [-0.3, -0.25) is 9.59 Å². The third-order valence-corrected chi connectivity index (χ3v) is 8.12. The monoisotopic (exact) mass is 472 g/mol. The zero-order chi connectivity index (χ0) is 23.1. The number of carboxylic acids is 1. The third kappa shape index (κ3) is 6.32. The molecule has 1 saturated carbocycles. The predicted molar refractivity (Wildman–Crippen MR) is 135 cm³/mol. The first-order valence-corrected chi connectivity index (χ1v) is 12.7. The number of carbonyl (C=O) groups is 2. The van der Waals surface area contributed by atoms with Crippen molar-refractivity contribution < 1.29 is 14.7 Å². The van der Waals surface area contributed by atoms with Crippen molar-refractivity contribution in [1.29, 1.82) is 0 Å². The summed E-state index contributed by atoms with van der Waals surface area (Å²) in [4.78, 5) is 24.7. The Labute approximate surface area is 200 Å². The highest BCUT2D eigenvalue weighted by Crippen LogP contribution is 2.44. The molecule has 172 valence electrons. The summed E-state index contributed by atoms with van der Waals surface area (Å²) in [7, 11) is 0. The lowest BCUT2D eigenvalue weighted by Gasteiger charge is -2.14. The van der Waals surface area contributed by atoms with Gasteiger partial charge in [0.25, 0.3) is 0 Å². The number of rotatable bonds is 11. The predicted octanol–water partition coefficient (Wildman–Crippen LogP) is 7.87. The van der Waals surface area contributed by atoms with Gasteiger partial charge in [0.05, 0.1) is 5.02 Å². The molecule has 3 nitrogen and oxygen atoms in total. The zero-order valence-corrected chi connectivity index (χ0v) is 20.6. The Bertz CT molecular complexity index is 1000. The maximum Gasteiger partial charge on any atom is 0.303 e. The van der Waals surface area contributed by atoms with Crippen molar-refractivity contribution in [2.24, 2.45) is 17.3 Å². The van der Waals surface area contributed by atoms with Crippen LogP contribution in [0.2, 0.25) is 5.02 Å². The molecule has 32 heavy (non-hydrogen) atoms. The van der Waals surface area contributed by atoms with Crippen LogP contribution in [-0.2, 0) is 16.0 Å². The molecule has 1 fully saturated rings. The number of hydrogen-bond donors (Lipinski definition) is 1. The number of ketones is 1. The lowest BCUT2D eigenvalue weighted by Crippen LogP contribution is -2.21. The van der Waals surface area contributed by atoms with Gasteiger partial charge in [0.2, 0.25) is 0 Å². The molecule has 1 N–H and O–H groups in total. The highest BCUT2D eigenvalue weighted by molar-refractivity contribution is 7.19. The van der Waals surface area contributed by atoms with Crippen LogP contribution in [0.15, 0.2) is 48.6 Å². The molecule has 1 aromatic carbocycles. The van der Waals surface area contributed by atoms with E-state index in [0.29, 0.717) is 12.2 Å². The smallest absolute Gasteiger partial charge is 0.303 e. The molecule has 1 aliphatic carbocycles. The molecule has 2 aromatic rings. The van der Waals surface area contributed by atoms with Crippen molar-refractivity contribution in [2.75, 3.05) is 0 Å². The summed E-state index contributed by atoms with van der Waals surface area (Å²) < 4.78 is 1.24. The molecule has 0 bridgehead atoms. The molecule has 1 heterocycles. The topological polar surface area (TPSA) is 54.4 Å². The number of unbranched alkanes of at least 4 members (excludes halogenated alkanes) is 2. The van der Waals surface area contributed by atoms with E-state index in [2.05, 4.69) is 44.2 Å². The summed E-state index contributed by atoms with van der Waals surface area (Å²) in [5.74, 6) is -0.117. The van der Waals surface area contributed by atoms with Crippen molar-refractivity contribution in [3.63, 3.8) is 0 Å². The number of aryl methyl sites for hydroxylation is 1. The molecule has 2 atom stereocenters. The molecule has 0 aliphatic heterocycles. The van der Waals surface area contributed by atoms with Crippen LogP contribution >= 0.6 is 22.9 Å². The minimum Gasteiger partial charge on any atom is -0.481 e. The standard InChI is InChI=1S/C27H33ClO3S/c1-27(2)18-19(20(26(27)31)13-7-3-4-9-17-24(29)30)12-6-5-8-16-23-25(28)21-14-10-11-15-22(21)32-23/h3,6-7,10-12,14-15,19-20H,4-5,8-9,13,16-18H2,1-2H3,(H,29,30)/b7-3-,12-6+/t19-,20+/m0/s1. The molecule has 1 aliphatic rings. The number of Topliss-reactive ketones (excluding diaryl/α,β-unsaturated/α-hetero) is 1. The highest BCUT2D eigenvalue weighted by Gasteiger charge is 2.45. The van der Waals surface area contributed by atoms with Gasteiger partial charge in [-0.15, -0.1) is 11.3 Å². The number of thiophene rings is 1. The van der Waals surface area contributed by atoms with E-state index in [9.17, 15) is 9.59 Å². The van der Waals surface area contributed by atoms with Gasteiger partial charge in [0.15, 0.2) is 0 Å². The quantitative estimate of drug-likeness (QED) is 0.267. The Morgan fingerprint density at radius 1 is 1.19 bits per heavy atom. The SMILES string of the molecule is CC1(C)C[C@H](/C=C/CCCc2sc3ccccc3c2Cl)[C@@H](C/C=C\CCCC(=O)O)C1=O. The first kappa shape index (κ1) is 24.7. The number of aliphatic carboxylic acids is 1. The second-order valence-corrected chi connectivity index (χ2v) is 10.9. The van der Waals surface area contributed by atoms with E-state index >= 15 is 0 Å². The highest BCUT2D eigenvalue weighted by atomic mass is 35.5. The molecular formula is C27H33ClO3S. The molecule has 0 amide bonds. The van der Waals surface area contributed by atoms with Gasteiger partial charge in [-0.1, -0.05) is 68.0 Å². The first-order chi connectivity index (χ1) is 15.3. The molecule has 0 radical (unpaired) electrons. The fourth-order valence-electron chi connectivity index (χ4n) is 4.62. The van der Waals surface area contributed by atoms with E-state index in [0.717, 1.165) is 48.9 Å². The number of hydrogen-bond acceptors (Lipinski definition) is 3. The number of allylic oxidation sites excluding steroid dienone is 4. The van der Waals surface area contributed by atoms with Gasteiger partial charge < -0.3 is 5.11 Å². The van der Waals surface area contributed by atoms with Gasteiger partial charge in [0, 0.05) is 32.7 Å². The lowest BCUT2D eigenvalue weighted by atomic mass is 9.88. The van der Waals surface area contributed by atoms with Crippen LogP contribution in [0.3, 0.4) is 0 Å². The number of carbonyl (C=O) groups excluding carboxylic acids is 1. The van der Waals surface area contributed by atoms with Crippen LogP contribution in [-0.4, -0.2) is 16.9 Å². The number of halogens is 1. The maximum atomic E-state index is 12.9. The van der Waals surface area contributed by atoms with Gasteiger partial charge in [-0.25, -0.2) is 0 Å². The zero-order valence-electron chi connectivity index (χ0n) is 19.0. The van der Waals surface area contributed by atoms with Crippen molar-refractivity contribution in [3.05, 3.63) is 58.5 Å². The number of carboxylic acid groups (broad SMARTS) is 1. The Morgan fingerprint density at radius 2 is 1.94 bits per heavy atom. The fraction of sp³-hybridized carbons (Fsp3) is 0.481. The van der Waals surface area contributed by atoms with E-state index < -0.39 is 5.97 Å². The fourth-order valence-corrected chi connectivity index (χ4v) is 6.19. The minimum absolute atomic E-state index is 0.0222. The maximum absolute atomic E-state index is 12.9. The van der Waals surface area contributed by atoms with E-state index in [-0.39, 0.29) is 23.7 Å². The van der Waals surface area contributed by atoms with Crippen LogP contribution in [0.5, 0.6) is 0 Å². The molecule has 0 spiro atoms. The van der Waals surface area contributed by atoms with Crippen molar-refractivity contribution in [1.82, 2.24) is 0 Å². The molecule has 0 unspecified atom stereocenters. The summed E-state index contributed by atoms with van der Waals surface area (Å²) in [6.07, 6.45) is 14.8. The van der Waals surface area contributed by atoms with E-state index in [4.69, 9.17) is 16.7 Å². The van der Waals surface area contributed by atoms with Crippen molar-refractivity contribution >= 4 is 44.8 Å². The first-order valence-electron chi connectivity index (χ1n) is 11.5. The second-order valence-electron chi connectivity index (χ2n) is 9.37. The normalized spacial score (nSPS) is 20.8. The summed E-state index contributed by atoms with van der Waals surface area (Å²) in [6.45, 7) is 4.10. The van der Waals surface area contributed by atoms with Crippen molar-refractivity contribution in [3.8, 4) is 0 Å². The van der Waals surface area contributed by atoms with Crippen LogP contribution in [0.25, 0.3) is 10.1 Å². The minimum atomic E-state index is -0.758. The summed E-state index contributed by atoms with van der Waals surface area (Å²) >= 11 is 8.34. The average molecular weight is 473 g/mol. The van der Waals surface area contributed by atoms with Gasteiger partial charge >= 0.3 is 5.97 Å². The lowest BCUT2D eigenvalue weighted by molar-refractivity contribution is -0.137. The van der Waals surface area contributed by atoms with Crippen LogP contribution in [0, 0.1) is 17.3 Å². The number of benzene rings is 1. The Balaban J connectivity index is 1.50. The second kappa shape index (κ2) is 11.3. The van der Waals surface area contributed by atoms with E-state index in [1.807, 2.05) is 18.2 Å². The molecule has 1 aromatic heterocycles. The number of fused-ring (bicyclic) bond motifs is 1. The largest absolute Gasteiger partial charge is 0.481 e. The van der Waals surface area contributed by atoms with Gasteiger partial charge in [0.1, 0.15) is 5.78 Å². The molecule has 3 rings (SSSR count). The Morgan fingerprint density at radius 3 is 2.69 bits per heavy atom. The summed E-state index contributed by atoms with van der Waals surface area (Å²) in [6, 6.07) is 8.28. The average Bonchev–Trinajstić information content (AvgIpc) is 3.18. The third-order valence-electron chi connectivity index (χ3n) is 6.34. The van der Waals surface area contributed by atoms with Gasteiger partial charge in [-0.2, -0.15) is 0 Å². The van der Waals surface area contributed by atoms with Crippen molar-refractivity contribution in [2.45, 2.75) is 65.2 Å². The van der Waals surface area contributed by atoms with E-state index in [1.54, 1.807) is 11.3 Å². The van der Waals surface area contributed by atoms with Crippen LogP contribution in [0.4, 0.5) is 0 Å². The van der Waals surface area contributed by atoms with Crippen LogP contribution < -0.4 is 0 Å². The molecule has 5 heteroatoms. The summed E-state index contributed by atoms with van der Waals surface area (Å²) in [5, 5.41) is 10.8. The van der Waals surface area contributed by atoms with E-state index in [1.165, 1.54) is 9.58 Å².